The van der Waals surface area contributed by atoms with E-state index in [1.165, 1.54) is 95.9 Å². The number of rotatable bonds is 14. The van der Waals surface area contributed by atoms with E-state index in [4.69, 9.17) is 18.6 Å². The van der Waals surface area contributed by atoms with Crippen molar-refractivity contribution in [2.75, 3.05) is 0 Å². The monoisotopic (exact) mass is 731 g/mol. The molecule has 0 spiro atoms. The van der Waals surface area contributed by atoms with Gasteiger partial charge in [-0.1, -0.05) is 115 Å². The summed E-state index contributed by atoms with van der Waals surface area (Å²) in [6.45, 7) is 26.6. The molecule has 4 nitrogen and oxygen atoms in total. The number of hydrogen-bond acceptors (Lipinski definition) is 4. The molecule has 4 aliphatic rings. The number of unbranched alkanes of at least 4 members (excludes halogenated alkanes) is 4. The minimum Gasteiger partial charge on any atom is -0.399 e. The molecular weight excluding hydrogens is 662 g/mol. The van der Waals surface area contributed by atoms with Crippen molar-refractivity contribution < 1.29 is 18.6 Å². The molecule has 0 bridgehead atoms. The van der Waals surface area contributed by atoms with Crippen molar-refractivity contribution in [3.8, 4) is 22.3 Å². The molecule has 7 rings (SSSR count). The Bertz CT molecular complexity index is 1690. The van der Waals surface area contributed by atoms with Crippen LogP contribution in [0.25, 0.3) is 22.3 Å². The van der Waals surface area contributed by atoms with E-state index in [0.29, 0.717) is 0 Å². The number of benzene rings is 3. The summed E-state index contributed by atoms with van der Waals surface area (Å²) >= 11 is 0. The maximum atomic E-state index is 6.65. The molecule has 0 unspecified atom stereocenters. The van der Waals surface area contributed by atoms with Gasteiger partial charge in [0.05, 0.1) is 22.4 Å². The van der Waals surface area contributed by atoms with Crippen molar-refractivity contribution in [2.45, 2.75) is 193 Å². The molecule has 2 aliphatic carbocycles. The van der Waals surface area contributed by atoms with Gasteiger partial charge in [-0.2, -0.15) is 0 Å². The van der Waals surface area contributed by atoms with Gasteiger partial charge in [0.1, 0.15) is 0 Å². The second kappa shape index (κ2) is 14.2. The molecule has 3 aromatic rings. The first-order valence-corrected chi connectivity index (χ1v) is 21.7. The van der Waals surface area contributed by atoms with Gasteiger partial charge in [-0.3, -0.25) is 0 Å². The first-order chi connectivity index (χ1) is 25.5. The quantitative estimate of drug-likeness (QED) is 0.155. The van der Waals surface area contributed by atoms with Gasteiger partial charge in [-0.25, -0.2) is 0 Å². The van der Waals surface area contributed by atoms with E-state index in [-0.39, 0.29) is 47.5 Å². The lowest BCUT2D eigenvalue weighted by atomic mass is 9.67. The third kappa shape index (κ3) is 6.20. The van der Waals surface area contributed by atoms with E-state index in [1.807, 2.05) is 0 Å². The molecule has 0 atom stereocenters. The Hall–Kier alpha value is -2.37. The van der Waals surface area contributed by atoms with Crippen LogP contribution in [0.2, 0.25) is 0 Å². The zero-order valence-corrected chi connectivity index (χ0v) is 35.9. The molecule has 3 aromatic carbocycles. The minimum atomic E-state index is -0.377. The zero-order valence-electron chi connectivity index (χ0n) is 35.9. The summed E-state index contributed by atoms with van der Waals surface area (Å²) in [5.74, 6) is 0. The molecule has 0 N–H and O–H groups in total. The zero-order chi connectivity index (χ0) is 38.9. The van der Waals surface area contributed by atoms with Crippen molar-refractivity contribution in [2.24, 2.45) is 0 Å². The fourth-order valence-electron chi connectivity index (χ4n) is 10.0. The van der Waals surface area contributed by atoms with Gasteiger partial charge in [0.25, 0.3) is 0 Å². The van der Waals surface area contributed by atoms with Crippen LogP contribution < -0.4 is 10.9 Å². The van der Waals surface area contributed by atoms with E-state index in [0.717, 1.165) is 36.6 Å². The lowest BCUT2D eigenvalue weighted by Gasteiger charge is -2.35. The van der Waals surface area contributed by atoms with E-state index in [1.54, 1.807) is 0 Å². The van der Waals surface area contributed by atoms with E-state index < -0.39 is 0 Å². The fraction of sp³-hybridized carbons (Fsp3) is 0.625. The third-order valence-electron chi connectivity index (χ3n) is 14.8. The Morgan fingerprint density at radius 2 is 0.667 bits per heavy atom. The lowest BCUT2D eigenvalue weighted by molar-refractivity contribution is 0.00578. The lowest BCUT2D eigenvalue weighted by Crippen LogP contribution is -2.41. The normalized spacial score (nSPS) is 21.6. The Labute approximate surface area is 329 Å². The summed E-state index contributed by atoms with van der Waals surface area (Å²) in [5.41, 5.74) is 12.4. The highest BCUT2D eigenvalue weighted by Gasteiger charge is 2.54. The van der Waals surface area contributed by atoms with Gasteiger partial charge in [-0.15, -0.1) is 0 Å². The highest BCUT2D eigenvalue weighted by Crippen LogP contribution is 2.60. The van der Waals surface area contributed by atoms with E-state index >= 15 is 0 Å². The summed E-state index contributed by atoms with van der Waals surface area (Å²) in [7, 11) is -0.741. The molecule has 290 valence electrons. The third-order valence-corrected chi connectivity index (χ3v) is 14.8. The van der Waals surface area contributed by atoms with Gasteiger partial charge in [0.2, 0.25) is 0 Å². The van der Waals surface area contributed by atoms with Gasteiger partial charge >= 0.3 is 14.2 Å². The van der Waals surface area contributed by atoms with Gasteiger partial charge < -0.3 is 18.6 Å². The molecule has 2 saturated heterocycles. The average Bonchev–Trinajstić information content (AvgIpc) is 3.72. The fourth-order valence-corrected chi connectivity index (χ4v) is 10.0. The van der Waals surface area contributed by atoms with Gasteiger partial charge in [0.15, 0.2) is 0 Å². The molecule has 0 saturated carbocycles. The Kier molecular flexibility index (Phi) is 10.5. The van der Waals surface area contributed by atoms with Gasteiger partial charge in [-0.05, 0) is 149 Å². The van der Waals surface area contributed by atoms with Crippen LogP contribution in [0.15, 0.2) is 48.5 Å². The predicted molar refractivity (Wildman–Crippen MR) is 228 cm³/mol. The minimum absolute atomic E-state index is 0.0494. The second-order valence-electron chi connectivity index (χ2n) is 19.3. The summed E-state index contributed by atoms with van der Waals surface area (Å²) in [6, 6.07) is 19.7. The van der Waals surface area contributed by atoms with Crippen LogP contribution in [0.3, 0.4) is 0 Å². The van der Waals surface area contributed by atoms with Crippen LogP contribution >= 0.6 is 0 Å². The molecule has 2 heterocycles. The van der Waals surface area contributed by atoms with Crippen LogP contribution in [-0.4, -0.2) is 36.6 Å². The SMILES string of the molecule is CCCCC1(CCCC)c2cc(B3OC(C)(C)C(C)(C)O3)ccc2-c2cc3c(cc21)-c1ccc(B2OC(C)(C)C(C)(C)O2)cc1C3(CCCC)CCCC. The summed E-state index contributed by atoms with van der Waals surface area (Å²) in [4.78, 5) is 0. The van der Waals surface area contributed by atoms with E-state index in [9.17, 15) is 0 Å². The summed E-state index contributed by atoms with van der Waals surface area (Å²) in [6.07, 6.45) is 14.1. The summed E-state index contributed by atoms with van der Waals surface area (Å²) < 4.78 is 26.6. The molecule has 6 heteroatoms. The molecule has 54 heavy (non-hydrogen) atoms. The van der Waals surface area contributed by atoms with Crippen molar-refractivity contribution >= 4 is 25.2 Å². The molecule has 0 radical (unpaired) electrons. The molecule has 0 aromatic heterocycles. The highest BCUT2D eigenvalue weighted by molar-refractivity contribution is 6.62. The van der Waals surface area contributed by atoms with Gasteiger partial charge in [0, 0.05) is 10.8 Å². The van der Waals surface area contributed by atoms with Crippen LogP contribution in [-0.2, 0) is 29.4 Å². The van der Waals surface area contributed by atoms with Crippen LogP contribution in [0.1, 0.15) is 182 Å². The Balaban J connectivity index is 1.43. The molecule has 0 amide bonds. The molecule has 2 aliphatic heterocycles. The van der Waals surface area contributed by atoms with Crippen molar-refractivity contribution in [3.05, 3.63) is 70.8 Å². The second-order valence-corrected chi connectivity index (χ2v) is 19.3. The van der Waals surface area contributed by atoms with Crippen LogP contribution in [0.4, 0.5) is 0 Å². The molecule has 2 fully saturated rings. The smallest absolute Gasteiger partial charge is 0.399 e. The summed E-state index contributed by atoms with van der Waals surface area (Å²) in [5, 5.41) is 0. The maximum absolute atomic E-state index is 6.65. The first-order valence-electron chi connectivity index (χ1n) is 21.7. The predicted octanol–water partition coefficient (Wildman–Crippen LogP) is 11.6. The number of fused-ring (bicyclic) bond motifs is 6. The maximum Gasteiger partial charge on any atom is 0.494 e. The van der Waals surface area contributed by atoms with Crippen molar-refractivity contribution in [1.82, 2.24) is 0 Å². The van der Waals surface area contributed by atoms with Crippen molar-refractivity contribution in [1.29, 1.82) is 0 Å². The average molecular weight is 731 g/mol. The highest BCUT2D eigenvalue weighted by atomic mass is 16.7. The van der Waals surface area contributed by atoms with Crippen LogP contribution in [0, 0.1) is 0 Å². The van der Waals surface area contributed by atoms with Crippen molar-refractivity contribution in [3.63, 3.8) is 0 Å². The Morgan fingerprint density at radius 3 is 0.944 bits per heavy atom. The first kappa shape index (κ1) is 39.8. The van der Waals surface area contributed by atoms with E-state index in [2.05, 4.69) is 132 Å². The largest absolute Gasteiger partial charge is 0.494 e. The van der Waals surface area contributed by atoms with Crippen LogP contribution in [0.5, 0.6) is 0 Å². The number of hydrogen-bond donors (Lipinski definition) is 0. The standard InChI is InChI=1S/C48H68B2O4/c1-13-17-25-47(26-18-14-2)39-29-33(49-51-43(5,6)44(7,8)52-49)21-23-35(39)37-32-42-38(31-41(37)47)36-24-22-34(50-53-45(9,10)46(11,12)54-50)30-40(36)48(42,27-19-15-3)28-20-16-4/h21-24,29-32H,13-20,25-28H2,1-12H3. The Morgan fingerprint density at radius 1 is 0.389 bits per heavy atom. The topological polar surface area (TPSA) is 36.9 Å². The molecular formula is C48H68B2O4.